The molecule has 0 aromatic heterocycles. The Morgan fingerprint density at radius 1 is 1.13 bits per heavy atom. The minimum atomic E-state index is -3.34. The molecule has 0 aliphatic heterocycles. The van der Waals surface area contributed by atoms with E-state index in [1.807, 2.05) is 5.43 Å². The molecule has 2 amide bonds. The second kappa shape index (κ2) is 11.6. The van der Waals surface area contributed by atoms with E-state index in [1.165, 1.54) is 19.1 Å². The highest BCUT2D eigenvalue weighted by Gasteiger charge is 2.74. The highest BCUT2D eigenvalue weighted by Crippen LogP contribution is 2.55. The number of hydrogen-bond donors (Lipinski definition) is 6. The molecule has 10 nitrogen and oxygen atoms in total. The van der Waals surface area contributed by atoms with Crippen LogP contribution in [0.4, 0.5) is 19.3 Å². The number of amides is 2. The third kappa shape index (κ3) is 6.09. The molecule has 3 unspecified atom stereocenters. The number of nitrogens with zero attached hydrogens (tertiary/aromatic N) is 1. The molecule has 1 saturated carbocycles. The van der Waals surface area contributed by atoms with Crippen LogP contribution in [0.15, 0.2) is 59.3 Å². The summed E-state index contributed by atoms with van der Waals surface area (Å²) in [5.41, 5.74) is 4.36. The Kier molecular flexibility index (Phi) is 8.69. The molecule has 2 aromatic carbocycles. The Hall–Kier alpha value is -4.03. The first-order chi connectivity index (χ1) is 17.9. The van der Waals surface area contributed by atoms with E-state index in [1.54, 1.807) is 50.2 Å². The molecular weight excluding hydrogens is 520 g/mol. The Morgan fingerprint density at radius 3 is 2.32 bits per heavy atom. The van der Waals surface area contributed by atoms with E-state index in [9.17, 15) is 18.4 Å². The Balaban J connectivity index is 1.70. The summed E-state index contributed by atoms with van der Waals surface area (Å²) in [5.74, 6) is 2.39. The molecular formula is C25H28ClF2N7O3. The van der Waals surface area contributed by atoms with Crippen molar-refractivity contribution in [1.29, 1.82) is 5.41 Å². The molecule has 13 heteroatoms. The highest BCUT2D eigenvalue weighted by molar-refractivity contribution is 6.31. The molecule has 8 N–H and O–H groups in total. The first-order valence-corrected chi connectivity index (χ1v) is 11.8. The number of amidine groups is 1. The van der Waals surface area contributed by atoms with Crippen LogP contribution in [-0.4, -0.2) is 29.5 Å². The summed E-state index contributed by atoms with van der Waals surface area (Å²) < 4.78 is 33.6. The number of alkyl halides is 2. The summed E-state index contributed by atoms with van der Waals surface area (Å²) in [5, 5.41) is 16.8. The van der Waals surface area contributed by atoms with E-state index in [-0.39, 0.29) is 22.9 Å². The number of hydrazone groups is 1. The number of hydrazine groups is 1. The van der Waals surface area contributed by atoms with Gasteiger partial charge in [0.2, 0.25) is 5.91 Å². The molecule has 2 aromatic rings. The van der Waals surface area contributed by atoms with Crippen molar-refractivity contribution in [3.63, 3.8) is 0 Å². The number of halogens is 3. The van der Waals surface area contributed by atoms with Crippen molar-refractivity contribution in [3.8, 4) is 0 Å². The predicted octanol–water partition coefficient (Wildman–Crippen LogP) is 4.15. The number of rotatable bonds is 8. The van der Waals surface area contributed by atoms with Gasteiger partial charge in [0.15, 0.2) is 0 Å². The van der Waals surface area contributed by atoms with Crippen molar-refractivity contribution in [3.05, 3.63) is 70.4 Å². The van der Waals surface area contributed by atoms with Crippen LogP contribution in [-0.2, 0) is 9.53 Å². The van der Waals surface area contributed by atoms with Crippen LogP contribution in [0.25, 0.3) is 5.57 Å². The second-order valence-corrected chi connectivity index (χ2v) is 9.08. The maximum absolute atomic E-state index is 14.1. The third-order valence-electron chi connectivity index (χ3n) is 6.11. The Morgan fingerprint density at radius 2 is 1.76 bits per heavy atom. The smallest absolute Gasteiger partial charge is 0.412 e. The van der Waals surface area contributed by atoms with Crippen LogP contribution in [0, 0.1) is 17.2 Å². The number of anilines is 1. The van der Waals surface area contributed by atoms with Gasteiger partial charge in [-0.05, 0) is 50.1 Å². The zero-order valence-electron chi connectivity index (χ0n) is 20.8. The van der Waals surface area contributed by atoms with E-state index in [0.29, 0.717) is 21.7 Å². The number of hydrogen-bond acceptors (Lipinski definition) is 7. The molecule has 202 valence electrons. The van der Waals surface area contributed by atoms with Gasteiger partial charge in [0, 0.05) is 16.3 Å². The molecule has 1 fully saturated rings. The van der Waals surface area contributed by atoms with Gasteiger partial charge in [0.25, 0.3) is 5.92 Å². The van der Waals surface area contributed by atoms with E-state index in [4.69, 9.17) is 33.4 Å². The van der Waals surface area contributed by atoms with Crippen molar-refractivity contribution in [2.45, 2.75) is 32.8 Å². The fourth-order valence-electron chi connectivity index (χ4n) is 4.00. The summed E-state index contributed by atoms with van der Waals surface area (Å²) in [4.78, 5) is 25.0. The maximum Gasteiger partial charge on any atom is 0.412 e. The minimum absolute atomic E-state index is 0.0788. The summed E-state index contributed by atoms with van der Waals surface area (Å²) >= 11 is 6.17. The lowest BCUT2D eigenvalue weighted by molar-refractivity contribution is -0.119. The lowest BCUT2D eigenvalue weighted by Crippen LogP contribution is -2.35. The van der Waals surface area contributed by atoms with Crippen LogP contribution in [0.5, 0.6) is 0 Å². The largest absolute Gasteiger partial charge is 0.441 e. The second-order valence-electron chi connectivity index (χ2n) is 8.67. The van der Waals surface area contributed by atoms with Gasteiger partial charge in [0.1, 0.15) is 23.8 Å². The van der Waals surface area contributed by atoms with Gasteiger partial charge >= 0.3 is 6.09 Å². The number of carbonyl (C=O) groups excluding carboxylic acids is 2. The number of alkyl carbamates (subject to hydrolysis) is 1. The monoisotopic (exact) mass is 547 g/mol. The number of carbonyl (C=O) groups is 2. The van der Waals surface area contributed by atoms with Gasteiger partial charge in [-0.2, -0.15) is 5.10 Å². The molecule has 0 spiro atoms. The molecule has 1 aliphatic rings. The van der Waals surface area contributed by atoms with Crippen molar-refractivity contribution in [2.75, 3.05) is 5.32 Å². The molecule has 0 radical (unpaired) electrons. The van der Waals surface area contributed by atoms with Gasteiger partial charge in [-0.25, -0.2) is 19.4 Å². The van der Waals surface area contributed by atoms with Crippen LogP contribution in [0.3, 0.4) is 0 Å². The molecule has 0 saturated heterocycles. The van der Waals surface area contributed by atoms with Gasteiger partial charge in [-0.3, -0.25) is 10.1 Å². The van der Waals surface area contributed by atoms with Crippen molar-refractivity contribution in [2.24, 2.45) is 28.6 Å². The normalized spacial score (nSPS) is 19.5. The number of nitrogens with one attached hydrogen (secondary N) is 4. The van der Waals surface area contributed by atoms with E-state index in [2.05, 4.69) is 15.7 Å². The topological polar surface area (TPSA) is 168 Å². The first-order valence-electron chi connectivity index (χ1n) is 11.4. The van der Waals surface area contributed by atoms with Crippen molar-refractivity contribution in [1.82, 2.24) is 10.7 Å². The number of allylic oxidation sites excluding steroid dienone is 2. The van der Waals surface area contributed by atoms with Gasteiger partial charge in [-0.1, -0.05) is 41.9 Å². The number of benzene rings is 2. The van der Waals surface area contributed by atoms with Crippen LogP contribution in [0.2, 0.25) is 5.02 Å². The van der Waals surface area contributed by atoms with Gasteiger partial charge in [0.05, 0.1) is 11.4 Å². The van der Waals surface area contributed by atoms with Crippen molar-refractivity contribution < 1.29 is 23.1 Å². The molecule has 3 rings (SSSR count). The molecule has 0 bridgehead atoms. The maximum atomic E-state index is 14.1. The SMILES string of the molecule is CC(=N)/C(NC(=O)OC(C)c1ccccc1Cl)=C(\C)c1ccc(NC(=O)C2C(/C(=N/N)NN)C2(F)F)cc1. The van der Waals surface area contributed by atoms with Gasteiger partial charge in [-0.15, -0.1) is 0 Å². The average molecular weight is 548 g/mol. The standard InChI is InChI=1S/C25H28ClF2N7O3/c1-12(21(13(2)29)33-24(37)38-14(3)17-6-4-5-7-18(17)26)15-8-10-16(11-9-15)32-23(36)20-19(25(20,27)28)22(34-30)35-31/h4-11,14,19-20,29H,30-31H2,1-3H3,(H,32,36)(H,33,37)(H,34,35)/b21-12-,29-13?. The molecule has 38 heavy (non-hydrogen) atoms. The Labute approximate surface area is 222 Å². The third-order valence-corrected chi connectivity index (χ3v) is 6.45. The van der Waals surface area contributed by atoms with E-state index < -0.39 is 35.9 Å². The highest BCUT2D eigenvalue weighted by atomic mass is 35.5. The zero-order valence-corrected chi connectivity index (χ0v) is 21.6. The zero-order chi connectivity index (χ0) is 28.2. The number of nitrogens with two attached hydrogens (primary N) is 2. The fourth-order valence-corrected chi connectivity index (χ4v) is 4.29. The van der Waals surface area contributed by atoms with Crippen LogP contribution in [0.1, 0.15) is 38.0 Å². The number of ether oxygens (including phenoxy) is 1. The lowest BCUT2D eigenvalue weighted by atomic mass is 10.0. The summed E-state index contributed by atoms with van der Waals surface area (Å²) in [7, 11) is 0. The average Bonchev–Trinajstić information content (AvgIpc) is 3.44. The van der Waals surface area contributed by atoms with E-state index >= 15 is 0 Å². The Bertz CT molecular complexity index is 1300. The summed E-state index contributed by atoms with van der Waals surface area (Å²) in [6.45, 7) is 4.88. The fraction of sp³-hybridized carbons (Fsp3) is 0.280. The predicted molar refractivity (Wildman–Crippen MR) is 141 cm³/mol. The summed E-state index contributed by atoms with van der Waals surface area (Å²) in [6.07, 6.45) is -1.40. The van der Waals surface area contributed by atoms with Crippen molar-refractivity contribution >= 4 is 46.4 Å². The van der Waals surface area contributed by atoms with Crippen LogP contribution < -0.4 is 27.7 Å². The molecule has 0 heterocycles. The van der Waals surface area contributed by atoms with E-state index in [0.717, 1.165) is 0 Å². The molecule has 3 atom stereocenters. The summed E-state index contributed by atoms with van der Waals surface area (Å²) in [6, 6.07) is 13.2. The first kappa shape index (κ1) is 28.5. The molecule has 1 aliphatic carbocycles. The lowest BCUT2D eigenvalue weighted by Gasteiger charge is -2.18. The quantitative estimate of drug-likeness (QED) is 0.125. The van der Waals surface area contributed by atoms with Crippen LogP contribution >= 0.6 is 11.6 Å². The minimum Gasteiger partial charge on any atom is -0.441 e. The van der Waals surface area contributed by atoms with Gasteiger partial charge < -0.3 is 26.7 Å².